The van der Waals surface area contributed by atoms with Crippen LogP contribution in [-0.2, 0) is 12.7 Å². The van der Waals surface area contributed by atoms with E-state index in [0.29, 0.717) is 18.7 Å². The van der Waals surface area contributed by atoms with E-state index in [1.165, 1.54) is 6.07 Å². The second-order valence-corrected chi connectivity index (χ2v) is 5.05. The average molecular weight is 272 g/mol. The average Bonchev–Trinajstić information content (AvgIpc) is 2.74. The first-order valence-electron chi connectivity index (χ1n) is 6.55. The van der Waals surface area contributed by atoms with Crippen molar-refractivity contribution in [3.63, 3.8) is 0 Å². The summed E-state index contributed by atoms with van der Waals surface area (Å²) < 4.78 is 39.1. The Kier molecular flexibility index (Phi) is 3.87. The van der Waals surface area contributed by atoms with Crippen LogP contribution in [0, 0.1) is 0 Å². The van der Waals surface area contributed by atoms with E-state index in [2.05, 4.69) is 4.90 Å². The fraction of sp³-hybridized carbons (Fsp3) is 0.571. The number of alkyl halides is 3. The number of nitrogens with two attached hydrogens (primary N) is 1. The van der Waals surface area contributed by atoms with E-state index in [0.717, 1.165) is 18.1 Å². The molecule has 0 fully saturated rings. The van der Waals surface area contributed by atoms with Gasteiger partial charge in [-0.2, -0.15) is 13.2 Å². The van der Waals surface area contributed by atoms with E-state index >= 15 is 0 Å². The number of benzene rings is 1. The molecule has 1 aliphatic heterocycles. The lowest BCUT2D eigenvalue weighted by atomic mass is 9.99. The highest BCUT2D eigenvalue weighted by Crippen LogP contribution is 2.42. The molecule has 1 aliphatic rings. The minimum absolute atomic E-state index is 0.104. The summed E-state index contributed by atoms with van der Waals surface area (Å²) in [6.45, 7) is 4.74. The molecule has 0 bridgehead atoms. The van der Waals surface area contributed by atoms with Crippen molar-refractivity contribution >= 4 is 0 Å². The van der Waals surface area contributed by atoms with Crippen molar-refractivity contribution in [3.05, 3.63) is 34.9 Å². The van der Waals surface area contributed by atoms with Gasteiger partial charge in [-0.1, -0.05) is 19.1 Å². The zero-order valence-electron chi connectivity index (χ0n) is 11.2. The summed E-state index contributed by atoms with van der Waals surface area (Å²) in [5.74, 6) is 0. The van der Waals surface area contributed by atoms with Crippen LogP contribution in [0.5, 0.6) is 0 Å². The molecule has 1 heterocycles. The number of hydrogen-bond acceptors (Lipinski definition) is 2. The van der Waals surface area contributed by atoms with Gasteiger partial charge >= 0.3 is 6.18 Å². The summed E-state index contributed by atoms with van der Waals surface area (Å²) in [7, 11) is 0. The van der Waals surface area contributed by atoms with E-state index in [9.17, 15) is 13.2 Å². The molecule has 0 saturated heterocycles. The lowest BCUT2D eigenvalue weighted by Gasteiger charge is -2.29. The van der Waals surface area contributed by atoms with Crippen molar-refractivity contribution < 1.29 is 13.2 Å². The molecular weight excluding hydrogens is 253 g/mol. The molecule has 5 heteroatoms. The van der Waals surface area contributed by atoms with Crippen LogP contribution >= 0.6 is 0 Å². The SMILES string of the molecule is CCC(C)N1Cc2c(cccc2C(F)(F)F)C1CN. The third-order valence-electron chi connectivity index (χ3n) is 4.00. The molecule has 0 saturated carbocycles. The first-order chi connectivity index (χ1) is 8.90. The molecule has 2 atom stereocenters. The molecule has 0 amide bonds. The van der Waals surface area contributed by atoms with Crippen LogP contribution < -0.4 is 5.73 Å². The third-order valence-corrected chi connectivity index (χ3v) is 4.00. The van der Waals surface area contributed by atoms with Crippen LogP contribution in [0.1, 0.15) is 43.0 Å². The first kappa shape index (κ1) is 14.3. The maximum absolute atomic E-state index is 13.0. The van der Waals surface area contributed by atoms with Crippen molar-refractivity contribution in [2.75, 3.05) is 6.54 Å². The fourth-order valence-electron chi connectivity index (χ4n) is 2.79. The molecule has 1 aromatic carbocycles. The summed E-state index contributed by atoms with van der Waals surface area (Å²) in [6.07, 6.45) is -3.40. The van der Waals surface area contributed by atoms with E-state index in [1.807, 2.05) is 13.8 Å². The van der Waals surface area contributed by atoms with E-state index in [1.54, 1.807) is 6.07 Å². The number of nitrogens with zero attached hydrogens (tertiary/aromatic N) is 1. The zero-order valence-corrected chi connectivity index (χ0v) is 11.2. The Bertz CT molecular complexity index is 456. The minimum atomic E-state index is -4.30. The van der Waals surface area contributed by atoms with Gasteiger partial charge in [-0.15, -0.1) is 0 Å². The van der Waals surface area contributed by atoms with Crippen molar-refractivity contribution in [1.29, 1.82) is 0 Å². The molecular formula is C14H19F3N2. The van der Waals surface area contributed by atoms with Gasteiger partial charge in [0.05, 0.1) is 5.56 Å². The minimum Gasteiger partial charge on any atom is -0.329 e. The molecule has 1 aromatic rings. The zero-order chi connectivity index (χ0) is 14.2. The van der Waals surface area contributed by atoms with Crippen LogP contribution in [0.4, 0.5) is 13.2 Å². The predicted molar refractivity (Wildman–Crippen MR) is 68.5 cm³/mol. The van der Waals surface area contributed by atoms with Crippen LogP contribution in [0.3, 0.4) is 0 Å². The van der Waals surface area contributed by atoms with Gasteiger partial charge in [0.2, 0.25) is 0 Å². The predicted octanol–water partition coefficient (Wildman–Crippen LogP) is 3.32. The molecule has 2 nitrogen and oxygen atoms in total. The van der Waals surface area contributed by atoms with E-state index in [4.69, 9.17) is 5.73 Å². The smallest absolute Gasteiger partial charge is 0.329 e. The van der Waals surface area contributed by atoms with Gasteiger partial charge in [0.15, 0.2) is 0 Å². The largest absolute Gasteiger partial charge is 0.416 e. The summed E-state index contributed by atoms with van der Waals surface area (Å²) in [5, 5.41) is 0. The van der Waals surface area contributed by atoms with Gasteiger partial charge in [-0.3, -0.25) is 4.90 Å². The van der Waals surface area contributed by atoms with Crippen molar-refractivity contribution in [2.45, 2.75) is 45.1 Å². The topological polar surface area (TPSA) is 29.3 Å². The molecule has 19 heavy (non-hydrogen) atoms. The summed E-state index contributed by atoms with van der Waals surface area (Å²) in [6, 6.07) is 4.52. The highest BCUT2D eigenvalue weighted by molar-refractivity contribution is 5.42. The van der Waals surface area contributed by atoms with Crippen LogP contribution in [0.2, 0.25) is 0 Å². The Morgan fingerprint density at radius 3 is 2.63 bits per heavy atom. The molecule has 106 valence electrons. The number of rotatable bonds is 3. The van der Waals surface area contributed by atoms with Crippen molar-refractivity contribution in [1.82, 2.24) is 4.90 Å². The fourth-order valence-corrected chi connectivity index (χ4v) is 2.79. The monoisotopic (exact) mass is 272 g/mol. The highest BCUT2D eigenvalue weighted by Gasteiger charge is 2.40. The molecule has 0 spiro atoms. The molecule has 0 radical (unpaired) electrons. The molecule has 2 N–H and O–H groups in total. The molecule has 2 unspecified atom stereocenters. The first-order valence-corrected chi connectivity index (χ1v) is 6.55. The quantitative estimate of drug-likeness (QED) is 0.914. The molecule has 0 aromatic heterocycles. The molecule has 0 aliphatic carbocycles. The Morgan fingerprint density at radius 1 is 1.42 bits per heavy atom. The Hall–Kier alpha value is -1.07. The molecule has 2 rings (SSSR count). The van der Waals surface area contributed by atoms with Gasteiger partial charge in [-0.05, 0) is 30.5 Å². The number of halogens is 3. The van der Waals surface area contributed by atoms with Gasteiger partial charge in [-0.25, -0.2) is 0 Å². The van der Waals surface area contributed by atoms with Crippen LogP contribution in [0.15, 0.2) is 18.2 Å². The lowest BCUT2D eigenvalue weighted by Crippen LogP contribution is -2.34. The van der Waals surface area contributed by atoms with Gasteiger partial charge in [0.25, 0.3) is 0 Å². The second-order valence-electron chi connectivity index (χ2n) is 5.05. The number of fused-ring (bicyclic) bond motifs is 1. The van der Waals surface area contributed by atoms with Crippen molar-refractivity contribution in [2.24, 2.45) is 5.73 Å². The highest BCUT2D eigenvalue weighted by atomic mass is 19.4. The van der Waals surface area contributed by atoms with Crippen LogP contribution in [0.25, 0.3) is 0 Å². The summed E-state index contributed by atoms with van der Waals surface area (Å²) in [4.78, 5) is 2.07. The second kappa shape index (κ2) is 5.13. The maximum atomic E-state index is 13.0. The van der Waals surface area contributed by atoms with E-state index in [-0.39, 0.29) is 12.1 Å². The summed E-state index contributed by atoms with van der Waals surface area (Å²) in [5.41, 5.74) is 6.38. The standard InChI is InChI=1S/C14H19F3N2/c1-3-9(2)19-8-11-10(13(19)7-18)5-4-6-12(11)14(15,16)17/h4-6,9,13H,3,7-8,18H2,1-2H3. The Morgan fingerprint density at radius 2 is 2.11 bits per heavy atom. The number of hydrogen-bond donors (Lipinski definition) is 1. The third kappa shape index (κ3) is 2.49. The van der Waals surface area contributed by atoms with Gasteiger partial charge in [0, 0.05) is 25.2 Å². The van der Waals surface area contributed by atoms with Gasteiger partial charge < -0.3 is 5.73 Å². The Balaban J connectivity index is 2.46. The van der Waals surface area contributed by atoms with Crippen molar-refractivity contribution in [3.8, 4) is 0 Å². The Labute approximate surface area is 111 Å². The maximum Gasteiger partial charge on any atom is 0.416 e. The lowest BCUT2D eigenvalue weighted by molar-refractivity contribution is -0.138. The van der Waals surface area contributed by atoms with E-state index < -0.39 is 11.7 Å². The van der Waals surface area contributed by atoms with Crippen LogP contribution in [-0.4, -0.2) is 17.5 Å². The van der Waals surface area contributed by atoms with Gasteiger partial charge in [0.1, 0.15) is 0 Å². The summed E-state index contributed by atoms with van der Waals surface area (Å²) >= 11 is 0. The normalized spacial score (nSPS) is 21.5.